The topological polar surface area (TPSA) is 46.5 Å². The Bertz CT molecular complexity index is 2830. The van der Waals surface area contributed by atoms with E-state index in [1.54, 1.807) is 7.05 Å². The molecule has 0 bridgehead atoms. The van der Waals surface area contributed by atoms with Crippen molar-refractivity contribution in [1.82, 2.24) is 4.57 Å². The largest absolute Gasteiger partial charge is 0.398 e. The monoisotopic (exact) mass is 768 g/mol. The Hall–Kier alpha value is -7.17. The standard InChI is InChI=1S/C39H32N2.C14H14N2.C2H6/c1-26-13-16-32(17-14-26)41-38-12-8-6-10-35(38)36-18-15-30(25-39(36)41)31-19-20-40(33-22-27(2)21-28(3)23-33)37-11-7-5-9-34(37)29(4)24-31;1-16-14(11-7-3-2-4-8-11)12-9-5-6-10-13(12)15;1-2/h5-25H,4H2,1-3H3;2-10H,15H2,1H3;1-2H3/b20-19-,31-24+;;. The highest BCUT2D eigenvalue weighted by Gasteiger charge is 2.18. The van der Waals surface area contributed by atoms with Gasteiger partial charge in [-0.15, -0.1) is 0 Å². The fourth-order valence-electron chi connectivity index (χ4n) is 7.83. The molecule has 1 aromatic heterocycles. The van der Waals surface area contributed by atoms with E-state index in [2.05, 4.69) is 169 Å². The number of rotatable bonds is 5. The van der Waals surface area contributed by atoms with Gasteiger partial charge in [0, 0.05) is 57.8 Å². The fraction of sp³-hybridized carbons (Fsp3) is 0.109. The second-order valence-electron chi connectivity index (χ2n) is 14.6. The van der Waals surface area contributed by atoms with Crippen LogP contribution >= 0.6 is 0 Å². The maximum Gasteiger partial charge on any atom is 0.0736 e. The van der Waals surface area contributed by atoms with Gasteiger partial charge in [0.05, 0.1) is 22.4 Å². The van der Waals surface area contributed by atoms with Gasteiger partial charge in [-0.2, -0.15) is 0 Å². The number of allylic oxidation sites excluding steroid dienone is 4. The first-order valence-electron chi connectivity index (χ1n) is 20.3. The first-order chi connectivity index (χ1) is 28.8. The van der Waals surface area contributed by atoms with Crippen LogP contribution in [0, 0.1) is 20.8 Å². The summed E-state index contributed by atoms with van der Waals surface area (Å²) in [6.07, 6.45) is 6.64. The van der Waals surface area contributed by atoms with E-state index in [4.69, 9.17) is 5.73 Å². The molecule has 0 unspecified atom stereocenters. The molecule has 0 atom stereocenters. The van der Waals surface area contributed by atoms with Crippen molar-refractivity contribution in [3.05, 3.63) is 228 Å². The van der Waals surface area contributed by atoms with E-state index in [0.29, 0.717) is 0 Å². The molecular formula is C55H52N4. The third-order valence-corrected chi connectivity index (χ3v) is 10.5. The lowest BCUT2D eigenvalue weighted by atomic mass is 9.95. The Balaban J connectivity index is 0.000000246. The highest BCUT2D eigenvalue weighted by molar-refractivity contribution is 6.15. The number of hydrogen-bond donors (Lipinski definition) is 1. The highest BCUT2D eigenvalue weighted by Crippen LogP contribution is 2.39. The van der Waals surface area contributed by atoms with Crippen LogP contribution in [-0.2, 0) is 0 Å². The van der Waals surface area contributed by atoms with Crippen LogP contribution in [-0.4, -0.2) is 17.3 Å². The highest BCUT2D eigenvalue weighted by atomic mass is 15.1. The quantitative estimate of drug-likeness (QED) is 0.140. The van der Waals surface area contributed by atoms with E-state index in [-0.39, 0.29) is 0 Å². The molecule has 0 aliphatic carbocycles. The molecule has 0 saturated heterocycles. The molecular weight excluding hydrogens is 717 g/mol. The lowest BCUT2D eigenvalue weighted by Crippen LogP contribution is -2.12. The van der Waals surface area contributed by atoms with E-state index < -0.39 is 0 Å². The summed E-state index contributed by atoms with van der Waals surface area (Å²) in [6, 6.07) is 57.4. The molecule has 7 aromatic carbocycles. The summed E-state index contributed by atoms with van der Waals surface area (Å²) in [5.74, 6) is 0. The number of hydrogen-bond acceptors (Lipinski definition) is 3. The van der Waals surface area contributed by atoms with Gasteiger partial charge in [-0.05, 0) is 109 Å². The van der Waals surface area contributed by atoms with E-state index in [0.717, 1.165) is 56.2 Å². The maximum atomic E-state index is 5.95. The van der Waals surface area contributed by atoms with Crippen molar-refractivity contribution in [1.29, 1.82) is 0 Å². The zero-order valence-corrected chi connectivity index (χ0v) is 34.9. The average Bonchev–Trinajstić information content (AvgIpc) is 3.59. The summed E-state index contributed by atoms with van der Waals surface area (Å²) in [6.45, 7) is 15.0. The zero-order valence-electron chi connectivity index (χ0n) is 34.9. The first kappa shape index (κ1) is 40.0. The van der Waals surface area contributed by atoms with Gasteiger partial charge in [-0.25, -0.2) is 0 Å². The van der Waals surface area contributed by atoms with Gasteiger partial charge in [-0.1, -0.05) is 141 Å². The molecule has 0 radical (unpaired) electrons. The van der Waals surface area contributed by atoms with E-state index in [1.165, 1.54) is 44.2 Å². The molecule has 0 fully saturated rings. The van der Waals surface area contributed by atoms with Gasteiger partial charge in [0.1, 0.15) is 0 Å². The summed E-state index contributed by atoms with van der Waals surface area (Å²) < 4.78 is 2.38. The Morgan fingerprint density at radius 1 is 0.593 bits per heavy atom. The maximum absolute atomic E-state index is 5.95. The third kappa shape index (κ3) is 8.44. The van der Waals surface area contributed by atoms with Crippen molar-refractivity contribution in [2.24, 2.45) is 4.99 Å². The molecule has 4 nitrogen and oxygen atoms in total. The summed E-state index contributed by atoms with van der Waals surface area (Å²) in [5, 5.41) is 2.51. The number of aliphatic imine (C=N–C) groups is 1. The van der Waals surface area contributed by atoms with Crippen LogP contribution in [0.2, 0.25) is 0 Å². The lowest BCUT2D eigenvalue weighted by molar-refractivity contribution is 1.17. The third-order valence-electron chi connectivity index (χ3n) is 10.5. The van der Waals surface area contributed by atoms with E-state index in [9.17, 15) is 0 Å². The van der Waals surface area contributed by atoms with Crippen LogP contribution in [0.4, 0.5) is 17.1 Å². The number of benzene rings is 7. The minimum absolute atomic E-state index is 0.756. The molecule has 292 valence electrons. The van der Waals surface area contributed by atoms with E-state index >= 15 is 0 Å². The molecule has 59 heavy (non-hydrogen) atoms. The molecule has 4 heteroatoms. The molecule has 0 saturated carbocycles. The van der Waals surface area contributed by atoms with Gasteiger partial charge < -0.3 is 15.2 Å². The Kier molecular flexibility index (Phi) is 12.2. The van der Waals surface area contributed by atoms with Crippen molar-refractivity contribution in [3.63, 3.8) is 0 Å². The van der Waals surface area contributed by atoms with Crippen molar-refractivity contribution < 1.29 is 0 Å². The number of anilines is 3. The summed E-state index contributed by atoms with van der Waals surface area (Å²) in [5.41, 5.74) is 23.7. The van der Waals surface area contributed by atoms with Crippen LogP contribution in [0.1, 0.15) is 52.8 Å². The first-order valence-corrected chi connectivity index (χ1v) is 20.3. The molecule has 9 rings (SSSR count). The number of para-hydroxylation sites is 3. The molecule has 2 N–H and O–H groups in total. The summed E-state index contributed by atoms with van der Waals surface area (Å²) >= 11 is 0. The number of aryl methyl sites for hydroxylation is 3. The number of fused-ring (bicyclic) bond motifs is 4. The second-order valence-corrected chi connectivity index (χ2v) is 14.6. The van der Waals surface area contributed by atoms with Gasteiger partial charge >= 0.3 is 0 Å². The van der Waals surface area contributed by atoms with Gasteiger partial charge in [0.15, 0.2) is 0 Å². The molecule has 2 heterocycles. The van der Waals surface area contributed by atoms with Crippen LogP contribution in [0.5, 0.6) is 0 Å². The Morgan fingerprint density at radius 3 is 1.97 bits per heavy atom. The predicted molar refractivity (Wildman–Crippen MR) is 256 cm³/mol. The summed E-state index contributed by atoms with van der Waals surface area (Å²) in [7, 11) is 1.79. The van der Waals surface area contributed by atoms with Gasteiger partial charge in [-0.3, -0.25) is 4.99 Å². The number of nitrogens with two attached hydrogens (primary N) is 1. The molecule has 1 aliphatic rings. The van der Waals surface area contributed by atoms with Crippen molar-refractivity contribution in [3.8, 4) is 5.69 Å². The Morgan fingerprint density at radius 2 is 1.24 bits per heavy atom. The van der Waals surface area contributed by atoms with Crippen LogP contribution in [0.15, 0.2) is 194 Å². The number of nitrogen functional groups attached to an aromatic ring is 1. The Labute approximate surface area is 349 Å². The van der Waals surface area contributed by atoms with Crippen molar-refractivity contribution in [2.45, 2.75) is 34.6 Å². The number of aromatic nitrogens is 1. The molecule has 8 aromatic rings. The predicted octanol–water partition coefficient (Wildman–Crippen LogP) is 14.2. The minimum atomic E-state index is 0.756. The van der Waals surface area contributed by atoms with Crippen LogP contribution in [0.3, 0.4) is 0 Å². The average molecular weight is 769 g/mol. The fourth-order valence-corrected chi connectivity index (χ4v) is 7.83. The molecule has 0 amide bonds. The van der Waals surface area contributed by atoms with Crippen molar-refractivity contribution in [2.75, 3.05) is 17.7 Å². The van der Waals surface area contributed by atoms with Gasteiger partial charge in [0.2, 0.25) is 0 Å². The normalized spacial score (nSPS) is 13.9. The van der Waals surface area contributed by atoms with Crippen LogP contribution < -0.4 is 10.6 Å². The summed E-state index contributed by atoms with van der Waals surface area (Å²) in [4.78, 5) is 6.61. The second kappa shape index (κ2) is 18.0. The number of nitrogens with zero attached hydrogens (tertiary/aromatic N) is 3. The molecule has 1 aliphatic heterocycles. The zero-order chi connectivity index (χ0) is 41.5. The van der Waals surface area contributed by atoms with E-state index in [1.807, 2.05) is 68.4 Å². The SMILES string of the molecule is C=C1/C=C(c2ccc3c4ccccc4n(-c4ccc(C)cc4)c3c2)\C=C/N(c2cc(C)cc(C)c2)c2ccccc21.CC.CN=C(c1ccccc1)c1ccccc1N. The molecule has 0 spiro atoms. The van der Waals surface area contributed by atoms with Crippen LogP contribution in [0.25, 0.3) is 38.6 Å². The van der Waals surface area contributed by atoms with Crippen molar-refractivity contribution >= 4 is 55.7 Å². The smallest absolute Gasteiger partial charge is 0.0736 e. The lowest BCUT2D eigenvalue weighted by Gasteiger charge is -2.26. The minimum Gasteiger partial charge on any atom is -0.398 e. The van der Waals surface area contributed by atoms with Gasteiger partial charge in [0.25, 0.3) is 0 Å².